The lowest BCUT2D eigenvalue weighted by Crippen LogP contribution is -2.22. The van der Waals surface area contributed by atoms with Gasteiger partial charge >= 0.3 is 5.97 Å². The predicted octanol–water partition coefficient (Wildman–Crippen LogP) is 2.45. The summed E-state index contributed by atoms with van der Waals surface area (Å²) in [6, 6.07) is 8.38. The van der Waals surface area contributed by atoms with Crippen LogP contribution in [0.5, 0.6) is 11.5 Å². The first kappa shape index (κ1) is 13.1. The van der Waals surface area contributed by atoms with E-state index in [1.807, 2.05) is 13.0 Å². The topological polar surface area (TPSA) is 53.4 Å². The minimum absolute atomic E-state index is 0.379. The van der Waals surface area contributed by atoms with E-state index in [1.165, 1.54) is 0 Å². The maximum atomic E-state index is 12.0. The van der Waals surface area contributed by atoms with Gasteiger partial charge in [-0.3, -0.25) is 4.68 Å². The molecule has 1 atom stereocenters. The number of aromatic nitrogens is 2. The summed E-state index contributed by atoms with van der Waals surface area (Å²) in [5, 5.41) is 4.02. The summed E-state index contributed by atoms with van der Waals surface area (Å²) in [5.74, 6) is 0.607. The molecule has 0 saturated carbocycles. The van der Waals surface area contributed by atoms with Crippen LogP contribution < -0.4 is 9.47 Å². The van der Waals surface area contributed by atoms with Crippen molar-refractivity contribution in [3.05, 3.63) is 42.7 Å². The van der Waals surface area contributed by atoms with Gasteiger partial charge in [-0.25, -0.2) is 4.79 Å². The molecule has 0 amide bonds. The first-order valence-electron chi connectivity index (χ1n) is 6.15. The monoisotopic (exact) mass is 260 g/mol. The van der Waals surface area contributed by atoms with Gasteiger partial charge in [0.25, 0.3) is 0 Å². The molecule has 0 fully saturated rings. The van der Waals surface area contributed by atoms with Gasteiger partial charge in [-0.05, 0) is 32.0 Å². The number of benzene rings is 1. The molecule has 1 aromatic carbocycles. The second kappa shape index (κ2) is 6.04. The summed E-state index contributed by atoms with van der Waals surface area (Å²) in [6.45, 7) is 4.13. The molecule has 0 aliphatic carbocycles. The largest absolute Gasteiger partial charge is 0.490 e. The number of rotatable bonds is 5. The van der Waals surface area contributed by atoms with Crippen LogP contribution in [0.4, 0.5) is 0 Å². The first-order valence-corrected chi connectivity index (χ1v) is 6.15. The quantitative estimate of drug-likeness (QED) is 0.612. The van der Waals surface area contributed by atoms with Crippen molar-refractivity contribution in [2.45, 2.75) is 19.9 Å². The normalized spacial score (nSPS) is 11.9. The van der Waals surface area contributed by atoms with E-state index >= 15 is 0 Å². The zero-order valence-corrected chi connectivity index (χ0v) is 10.9. The standard InChI is InChI=1S/C14H16N2O3/c1-3-18-12-7-4-5-8-13(12)19-14(17)11(2)16-10-6-9-15-16/h4-11H,3H2,1-2H3. The molecule has 0 aliphatic rings. The average Bonchev–Trinajstić information content (AvgIpc) is 2.94. The van der Waals surface area contributed by atoms with Gasteiger partial charge in [0.15, 0.2) is 11.5 Å². The van der Waals surface area contributed by atoms with Gasteiger partial charge in [0.05, 0.1) is 6.61 Å². The molecule has 5 heteroatoms. The van der Waals surface area contributed by atoms with E-state index < -0.39 is 6.04 Å². The number of ether oxygens (including phenoxy) is 2. The Labute approximate surface area is 111 Å². The average molecular weight is 260 g/mol. The van der Waals surface area contributed by atoms with Crippen LogP contribution in [0.15, 0.2) is 42.7 Å². The van der Waals surface area contributed by atoms with Crippen molar-refractivity contribution >= 4 is 5.97 Å². The third-order valence-corrected chi connectivity index (χ3v) is 2.62. The summed E-state index contributed by atoms with van der Waals surface area (Å²) < 4.78 is 12.3. The van der Waals surface area contributed by atoms with Crippen molar-refractivity contribution in [3.63, 3.8) is 0 Å². The highest BCUT2D eigenvalue weighted by molar-refractivity contribution is 5.76. The third kappa shape index (κ3) is 3.13. The summed E-state index contributed by atoms with van der Waals surface area (Å²) in [7, 11) is 0. The van der Waals surface area contributed by atoms with E-state index in [0.29, 0.717) is 18.1 Å². The van der Waals surface area contributed by atoms with E-state index in [2.05, 4.69) is 5.10 Å². The molecule has 0 N–H and O–H groups in total. The van der Waals surface area contributed by atoms with E-state index in [0.717, 1.165) is 0 Å². The Kier molecular flexibility index (Phi) is 4.18. The molecule has 100 valence electrons. The first-order chi connectivity index (χ1) is 9.22. The second-order valence-electron chi connectivity index (χ2n) is 3.96. The Morgan fingerprint density at radius 2 is 2.05 bits per heavy atom. The molecule has 0 aliphatic heterocycles. The summed E-state index contributed by atoms with van der Waals surface area (Å²) >= 11 is 0. The molecule has 1 heterocycles. The fourth-order valence-corrected chi connectivity index (χ4v) is 1.62. The zero-order valence-electron chi connectivity index (χ0n) is 10.9. The number of esters is 1. The minimum atomic E-state index is -0.482. The highest BCUT2D eigenvalue weighted by atomic mass is 16.6. The van der Waals surface area contributed by atoms with Gasteiger partial charge < -0.3 is 9.47 Å². The van der Waals surface area contributed by atoms with Crippen molar-refractivity contribution in [2.24, 2.45) is 0 Å². The van der Waals surface area contributed by atoms with Crippen molar-refractivity contribution < 1.29 is 14.3 Å². The number of hydrogen-bond acceptors (Lipinski definition) is 4. The van der Waals surface area contributed by atoms with Crippen LogP contribution in [0.25, 0.3) is 0 Å². The molecule has 0 spiro atoms. The van der Waals surface area contributed by atoms with E-state index in [4.69, 9.17) is 9.47 Å². The third-order valence-electron chi connectivity index (χ3n) is 2.62. The molecule has 1 aromatic heterocycles. The molecular formula is C14H16N2O3. The lowest BCUT2D eigenvalue weighted by atomic mass is 10.3. The lowest BCUT2D eigenvalue weighted by molar-refractivity contribution is -0.138. The van der Waals surface area contributed by atoms with Gasteiger partial charge in [-0.1, -0.05) is 12.1 Å². The number of carbonyl (C=O) groups excluding carboxylic acids is 1. The highest BCUT2D eigenvalue weighted by Gasteiger charge is 2.19. The Balaban J connectivity index is 2.10. The van der Waals surface area contributed by atoms with Gasteiger partial charge in [-0.2, -0.15) is 5.10 Å². The van der Waals surface area contributed by atoms with Crippen LogP contribution >= 0.6 is 0 Å². The Hall–Kier alpha value is -2.30. The molecule has 0 bridgehead atoms. The van der Waals surface area contributed by atoms with Crippen LogP contribution in [0.3, 0.4) is 0 Å². The van der Waals surface area contributed by atoms with Crippen molar-refractivity contribution in [3.8, 4) is 11.5 Å². The van der Waals surface area contributed by atoms with Crippen LogP contribution in [-0.2, 0) is 4.79 Å². The molecule has 19 heavy (non-hydrogen) atoms. The summed E-state index contributed by atoms with van der Waals surface area (Å²) in [5.41, 5.74) is 0. The second-order valence-corrected chi connectivity index (χ2v) is 3.96. The maximum Gasteiger partial charge on any atom is 0.336 e. The van der Waals surface area contributed by atoms with Crippen molar-refractivity contribution in [1.82, 2.24) is 9.78 Å². The Morgan fingerprint density at radius 3 is 2.68 bits per heavy atom. The summed E-state index contributed by atoms with van der Waals surface area (Å²) in [4.78, 5) is 12.0. The fraction of sp³-hybridized carbons (Fsp3) is 0.286. The molecule has 0 radical (unpaired) electrons. The molecule has 5 nitrogen and oxygen atoms in total. The van der Waals surface area contributed by atoms with Crippen LogP contribution in [-0.4, -0.2) is 22.4 Å². The molecule has 1 unspecified atom stereocenters. The van der Waals surface area contributed by atoms with Crippen LogP contribution in [0.1, 0.15) is 19.9 Å². The van der Waals surface area contributed by atoms with Gasteiger partial charge in [0.2, 0.25) is 0 Å². The van der Waals surface area contributed by atoms with E-state index in [1.54, 1.807) is 48.3 Å². The highest BCUT2D eigenvalue weighted by Crippen LogP contribution is 2.27. The predicted molar refractivity (Wildman–Crippen MR) is 70.2 cm³/mol. The number of hydrogen-bond donors (Lipinski definition) is 0. The van der Waals surface area contributed by atoms with Crippen LogP contribution in [0.2, 0.25) is 0 Å². The zero-order chi connectivity index (χ0) is 13.7. The molecule has 2 aromatic rings. The molecule has 2 rings (SSSR count). The Bertz CT molecular complexity index is 537. The summed E-state index contributed by atoms with van der Waals surface area (Å²) in [6.07, 6.45) is 3.35. The van der Waals surface area contributed by atoms with Gasteiger partial charge in [-0.15, -0.1) is 0 Å². The van der Waals surface area contributed by atoms with E-state index in [-0.39, 0.29) is 5.97 Å². The number of para-hydroxylation sites is 2. The maximum absolute atomic E-state index is 12.0. The molecular weight excluding hydrogens is 244 g/mol. The smallest absolute Gasteiger partial charge is 0.336 e. The van der Waals surface area contributed by atoms with Gasteiger partial charge in [0, 0.05) is 12.4 Å². The Morgan fingerprint density at radius 1 is 1.32 bits per heavy atom. The number of carbonyl (C=O) groups is 1. The molecule has 0 saturated heterocycles. The van der Waals surface area contributed by atoms with Crippen LogP contribution in [0, 0.1) is 0 Å². The fourth-order valence-electron chi connectivity index (χ4n) is 1.62. The lowest BCUT2D eigenvalue weighted by Gasteiger charge is -2.14. The van der Waals surface area contributed by atoms with Crippen molar-refractivity contribution in [2.75, 3.05) is 6.61 Å². The van der Waals surface area contributed by atoms with Gasteiger partial charge in [0.1, 0.15) is 6.04 Å². The van der Waals surface area contributed by atoms with Crippen molar-refractivity contribution in [1.29, 1.82) is 0 Å². The minimum Gasteiger partial charge on any atom is -0.490 e. The number of nitrogens with zero attached hydrogens (tertiary/aromatic N) is 2. The SMILES string of the molecule is CCOc1ccccc1OC(=O)C(C)n1cccn1. The van der Waals surface area contributed by atoms with E-state index in [9.17, 15) is 4.79 Å².